The summed E-state index contributed by atoms with van der Waals surface area (Å²) in [6.07, 6.45) is 0.466. The van der Waals surface area contributed by atoms with Gasteiger partial charge in [0, 0.05) is 23.4 Å². The van der Waals surface area contributed by atoms with E-state index in [2.05, 4.69) is 9.75 Å². The summed E-state index contributed by atoms with van der Waals surface area (Å²) >= 11 is 0. The second-order valence-corrected chi connectivity index (χ2v) is 18.9. The topological polar surface area (TPSA) is 269 Å². The fraction of sp³-hybridized carbons (Fsp3) is 1.00. The first-order valence-electron chi connectivity index (χ1n) is 15.3. The Hall–Kier alpha value is 0.355. The number of hydrogen-bond acceptors (Lipinski definition) is 12. The van der Waals surface area contributed by atoms with Crippen molar-refractivity contribution in [3.05, 3.63) is 0 Å². The van der Waals surface area contributed by atoms with Gasteiger partial charge < -0.3 is 34.6 Å². The van der Waals surface area contributed by atoms with E-state index in [-0.39, 0.29) is 38.7 Å². The SMILES string of the molecule is BNC(C)(C)CC(COP(=O)(O)O)CC(C)(CC)OP(=O)(O)OCCC(C)(CC)OP(=O)(O)OCC(COP(=O)(O)O)CC(C)(C)NF. The average Bonchev–Trinajstić information content (AvgIpc) is 2.91. The highest BCUT2D eigenvalue weighted by Crippen LogP contribution is 2.53. The van der Waals surface area contributed by atoms with Crippen molar-refractivity contribution < 1.29 is 79.2 Å². The lowest BCUT2D eigenvalue weighted by Crippen LogP contribution is -2.42. The van der Waals surface area contributed by atoms with E-state index in [0.29, 0.717) is 6.42 Å². The summed E-state index contributed by atoms with van der Waals surface area (Å²) in [7, 11) is -17.6. The zero-order valence-electron chi connectivity index (χ0n) is 29.2. The molecule has 18 nitrogen and oxygen atoms in total. The lowest BCUT2D eigenvalue weighted by molar-refractivity contribution is -0.0117. The maximum Gasteiger partial charge on any atom is 0.472 e. The summed E-state index contributed by atoms with van der Waals surface area (Å²) in [6, 6.07) is 0. The maximum atomic E-state index is 13.2. The van der Waals surface area contributed by atoms with Crippen LogP contribution in [0.5, 0.6) is 0 Å². The molecule has 48 heavy (non-hydrogen) atoms. The summed E-state index contributed by atoms with van der Waals surface area (Å²) in [6.45, 7) is 10.9. The summed E-state index contributed by atoms with van der Waals surface area (Å²) in [5, 5.41) is 3.09. The van der Waals surface area contributed by atoms with Gasteiger partial charge in [0.2, 0.25) is 0 Å². The van der Waals surface area contributed by atoms with Gasteiger partial charge in [0.1, 0.15) is 0 Å². The summed E-state index contributed by atoms with van der Waals surface area (Å²) in [4.78, 5) is 57.5. The first kappa shape index (κ1) is 48.4. The van der Waals surface area contributed by atoms with E-state index in [1.54, 1.807) is 28.8 Å². The van der Waals surface area contributed by atoms with E-state index in [1.165, 1.54) is 26.3 Å². The molecule has 0 heterocycles. The van der Waals surface area contributed by atoms with Crippen LogP contribution in [0.3, 0.4) is 0 Å². The number of hydrogen-bond donors (Lipinski definition) is 8. The Kier molecular flexibility index (Phi) is 19.6. The van der Waals surface area contributed by atoms with Crippen LogP contribution >= 0.6 is 31.3 Å². The molecule has 0 aromatic heterocycles. The van der Waals surface area contributed by atoms with Gasteiger partial charge in [-0.3, -0.25) is 27.1 Å². The second-order valence-electron chi connectivity index (χ2n) is 13.6. The number of nitrogens with one attached hydrogen (secondary N) is 2. The first-order valence-corrected chi connectivity index (χ1v) is 21.3. The highest BCUT2D eigenvalue weighted by molar-refractivity contribution is 7.47. The molecule has 288 valence electrons. The van der Waals surface area contributed by atoms with Gasteiger partial charge >= 0.3 is 31.3 Å². The molecule has 0 aliphatic heterocycles. The van der Waals surface area contributed by atoms with Gasteiger partial charge in [-0.05, 0) is 79.6 Å². The molecule has 0 saturated carbocycles. The first-order chi connectivity index (χ1) is 21.4. The third-order valence-electron chi connectivity index (χ3n) is 7.73. The molecule has 6 unspecified atom stereocenters. The Balaban J connectivity index is 5.52. The van der Waals surface area contributed by atoms with Crippen molar-refractivity contribution in [1.29, 1.82) is 0 Å². The number of halogens is 1. The zero-order chi connectivity index (χ0) is 37.9. The minimum Gasteiger partial charge on any atom is -0.357 e. The molecule has 6 atom stereocenters. The van der Waals surface area contributed by atoms with E-state index in [1.807, 2.05) is 13.8 Å². The summed E-state index contributed by atoms with van der Waals surface area (Å²) < 4.78 is 91.9. The highest BCUT2D eigenvalue weighted by atomic mass is 31.2. The van der Waals surface area contributed by atoms with Gasteiger partial charge in [-0.1, -0.05) is 13.8 Å². The minimum atomic E-state index is -4.90. The molecule has 0 aliphatic carbocycles. The van der Waals surface area contributed by atoms with Crippen molar-refractivity contribution in [3.63, 3.8) is 0 Å². The standard InChI is InChI=1S/C24H56BFN2O16P4/c1-9-23(7,43-48(37,38)42-18-20(14-22(5,6)28-26)17-41-46(32,33)34)11-12-39-47(35,36)44-24(8,10-2)15-19(13-21(3,4)27-25)16-40-45(29,30)31/h19-20,27-28H,9-18,25H2,1-8H3,(H,35,36)(H,37,38)(H2,29,30,31)(H2,32,33,34). The van der Waals surface area contributed by atoms with Crippen LogP contribution in [0, 0.1) is 11.8 Å². The fourth-order valence-corrected chi connectivity index (χ4v) is 7.85. The molecule has 0 aliphatic rings. The van der Waals surface area contributed by atoms with Crippen molar-refractivity contribution in [3.8, 4) is 0 Å². The molecular weight excluding hydrogens is 726 g/mol. The molecular formula is C24H56BFN2O16P4. The van der Waals surface area contributed by atoms with Crippen LogP contribution in [0.2, 0.25) is 0 Å². The van der Waals surface area contributed by atoms with Crippen molar-refractivity contribution in [2.24, 2.45) is 11.8 Å². The quantitative estimate of drug-likeness (QED) is 0.0335. The van der Waals surface area contributed by atoms with Crippen LogP contribution in [0.1, 0.15) is 93.9 Å². The van der Waals surface area contributed by atoms with E-state index in [4.69, 9.17) is 32.4 Å². The Morgan fingerprint density at radius 3 is 1.50 bits per heavy atom. The van der Waals surface area contributed by atoms with Gasteiger partial charge in [0.25, 0.3) is 0 Å². The predicted molar refractivity (Wildman–Crippen MR) is 177 cm³/mol. The van der Waals surface area contributed by atoms with Crippen molar-refractivity contribution in [2.75, 3.05) is 26.4 Å². The van der Waals surface area contributed by atoms with Crippen LogP contribution < -0.4 is 10.8 Å². The highest BCUT2D eigenvalue weighted by Gasteiger charge is 2.40. The number of phosphoric ester groups is 4. The molecule has 0 bridgehead atoms. The Morgan fingerprint density at radius 2 is 1.06 bits per heavy atom. The van der Waals surface area contributed by atoms with Crippen molar-refractivity contribution >= 4 is 39.3 Å². The maximum absolute atomic E-state index is 13.2. The summed E-state index contributed by atoms with van der Waals surface area (Å²) in [5.41, 5.74) is -2.87. The Morgan fingerprint density at radius 1 is 0.646 bits per heavy atom. The van der Waals surface area contributed by atoms with Crippen LogP contribution in [0.4, 0.5) is 4.48 Å². The number of rotatable bonds is 27. The molecule has 24 heteroatoms. The Labute approximate surface area is 283 Å². The van der Waals surface area contributed by atoms with Crippen LogP contribution in [-0.4, -0.2) is 86.0 Å². The van der Waals surface area contributed by atoms with Gasteiger partial charge in [-0.2, -0.15) is 5.54 Å². The molecule has 0 fully saturated rings. The molecule has 0 amide bonds. The summed E-state index contributed by atoms with van der Waals surface area (Å²) in [5.74, 6) is -1.46. The van der Waals surface area contributed by atoms with Gasteiger partial charge in [0.05, 0.1) is 37.6 Å². The molecule has 0 radical (unpaired) electrons. The Bertz CT molecular complexity index is 1180. The molecule has 0 aromatic carbocycles. The lowest BCUT2D eigenvalue weighted by Gasteiger charge is -2.37. The van der Waals surface area contributed by atoms with E-state index >= 15 is 0 Å². The fourth-order valence-electron chi connectivity index (χ4n) is 4.67. The molecule has 8 N–H and O–H groups in total. The zero-order valence-corrected chi connectivity index (χ0v) is 32.7. The minimum absolute atomic E-state index is 0.0715. The largest absolute Gasteiger partial charge is 0.472 e. The predicted octanol–water partition coefficient (Wildman–Crippen LogP) is 3.77. The molecule has 0 aromatic rings. The van der Waals surface area contributed by atoms with Crippen LogP contribution in [0.25, 0.3) is 0 Å². The molecule has 0 rings (SSSR count). The van der Waals surface area contributed by atoms with Crippen molar-refractivity contribution in [2.45, 2.75) is 116 Å². The number of phosphoric acid groups is 4. The van der Waals surface area contributed by atoms with Gasteiger partial charge in [-0.15, -0.1) is 4.48 Å². The van der Waals surface area contributed by atoms with E-state index in [9.17, 15) is 42.3 Å². The normalized spacial score (nSPS) is 19.9. The monoisotopic (exact) mass is 782 g/mol. The average molecular weight is 782 g/mol. The molecule has 0 saturated heterocycles. The third-order valence-corrected chi connectivity index (χ3v) is 11.0. The smallest absolute Gasteiger partial charge is 0.357 e. The van der Waals surface area contributed by atoms with Crippen LogP contribution in [-0.2, 0) is 45.4 Å². The van der Waals surface area contributed by atoms with E-state index < -0.39 is 85.2 Å². The van der Waals surface area contributed by atoms with E-state index in [0.717, 1.165) is 0 Å². The van der Waals surface area contributed by atoms with Gasteiger partial charge in [0.15, 0.2) is 7.98 Å². The molecule has 0 spiro atoms. The second kappa shape index (κ2) is 19.4. The van der Waals surface area contributed by atoms with Crippen LogP contribution in [0.15, 0.2) is 0 Å². The van der Waals surface area contributed by atoms with Gasteiger partial charge in [-0.25, -0.2) is 18.3 Å². The van der Waals surface area contributed by atoms with Crippen molar-refractivity contribution in [1.82, 2.24) is 10.8 Å². The third kappa shape index (κ3) is 22.3. The lowest BCUT2D eigenvalue weighted by atomic mass is 9.82.